The number of fused-ring (bicyclic) bond motifs is 4. The van der Waals surface area contributed by atoms with Crippen LogP contribution in [-0.4, -0.2) is 32.6 Å². The van der Waals surface area contributed by atoms with Crippen LogP contribution in [0.1, 0.15) is 34.2 Å². The molecule has 5 rings (SSSR count). The number of hydrogen-bond donors (Lipinski definition) is 0. The number of aryl methyl sites for hydroxylation is 2. The van der Waals surface area contributed by atoms with E-state index in [9.17, 15) is 4.79 Å². The van der Waals surface area contributed by atoms with E-state index in [1.807, 2.05) is 37.3 Å². The maximum absolute atomic E-state index is 13.1. The van der Waals surface area contributed by atoms with Crippen molar-refractivity contribution in [3.8, 4) is 0 Å². The fourth-order valence-electron chi connectivity index (χ4n) is 3.94. The van der Waals surface area contributed by atoms with Crippen molar-refractivity contribution in [2.75, 3.05) is 7.05 Å². The van der Waals surface area contributed by atoms with Gasteiger partial charge in [0.15, 0.2) is 11.6 Å². The Morgan fingerprint density at radius 3 is 2.93 bits per heavy atom. The Kier molecular flexibility index (Phi) is 3.53. The highest BCUT2D eigenvalue weighted by molar-refractivity contribution is 6.08. The fourth-order valence-corrected chi connectivity index (χ4v) is 3.94. The molecule has 1 amide bonds. The van der Waals surface area contributed by atoms with Crippen molar-refractivity contribution in [1.82, 2.24) is 19.7 Å². The first-order chi connectivity index (χ1) is 13.1. The average Bonchev–Trinajstić information content (AvgIpc) is 3.37. The normalized spacial score (nSPS) is 13.4. The number of rotatable bonds is 3. The van der Waals surface area contributed by atoms with Gasteiger partial charge in [0.25, 0.3) is 5.91 Å². The number of carbonyl (C=O) groups is 1. The molecule has 2 aromatic heterocycles. The molecule has 0 N–H and O–H groups in total. The van der Waals surface area contributed by atoms with E-state index in [2.05, 4.69) is 20.8 Å². The van der Waals surface area contributed by atoms with Crippen LogP contribution in [0.2, 0.25) is 0 Å². The molecular weight excluding hydrogens is 340 g/mol. The van der Waals surface area contributed by atoms with Gasteiger partial charge in [0.1, 0.15) is 11.4 Å². The van der Waals surface area contributed by atoms with Gasteiger partial charge in [-0.25, -0.2) is 0 Å². The van der Waals surface area contributed by atoms with Gasteiger partial charge in [-0.15, -0.1) is 10.2 Å². The quantitative estimate of drug-likeness (QED) is 0.559. The summed E-state index contributed by atoms with van der Waals surface area (Å²) in [4.78, 5) is 14.7. The van der Waals surface area contributed by atoms with E-state index in [-0.39, 0.29) is 5.91 Å². The summed E-state index contributed by atoms with van der Waals surface area (Å²) in [7, 11) is 1.78. The fraction of sp³-hybridized carbons (Fsp3) is 0.286. The molecule has 0 atom stereocenters. The van der Waals surface area contributed by atoms with Gasteiger partial charge >= 0.3 is 0 Å². The van der Waals surface area contributed by atoms with Crippen LogP contribution in [0.3, 0.4) is 0 Å². The molecule has 3 heterocycles. The lowest BCUT2D eigenvalue weighted by molar-refractivity contribution is 0.0750. The van der Waals surface area contributed by atoms with Crippen LogP contribution in [0.25, 0.3) is 21.7 Å². The minimum absolute atomic E-state index is 0.136. The van der Waals surface area contributed by atoms with E-state index in [1.165, 1.54) is 0 Å². The topological polar surface area (TPSA) is 64.2 Å². The second kappa shape index (κ2) is 5.94. The first kappa shape index (κ1) is 16.1. The second-order valence-electron chi connectivity index (χ2n) is 7.17. The lowest BCUT2D eigenvalue weighted by atomic mass is 10.1. The first-order valence-electron chi connectivity index (χ1n) is 9.21. The molecule has 0 saturated heterocycles. The molecule has 0 unspecified atom stereocenters. The van der Waals surface area contributed by atoms with E-state index in [0.29, 0.717) is 12.3 Å². The lowest BCUT2D eigenvalue weighted by Gasteiger charge is -2.15. The highest BCUT2D eigenvalue weighted by atomic mass is 16.3. The number of furan rings is 1. The Bertz CT molecular complexity index is 1190. The molecule has 2 aromatic carbocycles. The molecule has 1 aliphatic heterocycles. The predicted molar refractivity (Wildman–Crippen MR) is 103 cm³/mol. The molecule has 0 bridgehead atoms. The third-order valence-corrected chi connectivity index (χ3v) is 5.43. The summed E-state index contributed by atoms with van der Waals surface area (Å²) in [6.45, 7) is 3.29. The molecule has 6 nitrogen and oxygen atoms in total. The SMILES string of the molecule is Cc1c(C(=O)N(C)Cc2nnc3n2CCC3)oc2c1ccc1ccccc12. The van der Waals surface area contributed by atoms with Gasteiger partial charge in [0, 0.05) is 36.3 Å². The van der Waals surface area contributed by atoms with Crippen LogP contribution in [0.4, 0.5) is 0 Å². The van der Waals surface area contributed by atoms with Crippen LogP contribution in [0.5, 0.6) is 0 Å². The number of hydrogen-bond acceptors (Lipinski definition) is 4. The van der Waals surface area contributed by atoms with Gasteiger partial charge in [-0.2, -0.15) is 0 Å². The molecule has 136 valence electrons. The Morgan fingerprint density at radius 1 is 1.19 bits per heavy atom. The maximum Gasteiger partial charge on any atom is 0.290 e. The summed E-state index contributed by atoms with van der Waals surface area (Å²) in [5.74, 6) is 2.10. The second-order valence-corrected chi connectivity index (χ2v) is 7.17. The highest BCUT2D eigenvalue weighted by Crippen LogP contribution is 2.32. The molecule has 0 radical (unpaired) electrons. The zero-order chi connectivity index (χ0) is 18.5. The number of carbonyl (C=O) groups excluding carboxylic acids is 1. The van der Waals surface area contributed by atoms with E-state index < -0.39 is 0 Å². The van der Waals surface area contributed by atoms with Crippen molar-refractivity contribution in [2.45, 2.75) is 32.9 Å². The summed E-state index contributed by atoms with van der Waals surface area (Å²) in [6, 6.07) is 12.2. The molecule has 6 heteroatoms. The van der Waals surface area contributed by atoms with Crippen molar-refractivity contribution >= 4 is 27.6 Å². The zero-order valence-corrected chi connectivity index (χ0v) is 15.4. The molecule has 0 spiro atoms. The van der Waals surface area contributed by atoms with E-state index in [0.717, 1.165) is 58.3 Å². The van der Waals surface area contributed by atoms with Gasteiger partial charge in [0.2, 0.25) is 0 Å². The van der Waals surface area contributed by atoms with Crippen molar-refractivity contribution in [2.24, 2.45) is 0 Å². The number of aromatic nitrogens is 3. The molecule has 0 saturated carbocycles. The van der Waals surface area contributed by atoms with Crippen molar-refractivity contribution in [1.29, 1.82) is 0 Å². The average molecular weight is 360 g/mol. The summed E-state index contributed by atoms with van der Waals surface area (Å²) in [5, 5.41) is 11.6. The Hall–Kier alpha value is -3.15. The third kappa shape index (κ3) is 2.44. The van der Waals surface area contributed by atoms with Crippen LogP contribution >= 0.6 is 0 Å². The maximum atomic E-state index is 13.1. The monoisotopic (exact) mass is 360 g/mol. The van der Waals surface area contributed by atoms with Gasteiger partial charge in [0.05, 0.1) is 6.54 Å². The minimum Gasteiger partial charge on any atom is -0.450 e. The standard InChI is InChI=1S/C21H20N4O2/c1-13-15-10-9-14-6-3-4-7-16(14)20(15)27-19(13)21(26)24(2)12-18-23-22-17-8-5-11-25(17)18/h3-4,6-7,9-10H,5,8,11-12H2,1-2H3. The molecule has 1 aliphatic rings. The summed E-state index contributed by atoms with van der Waals surface area (Å²) >= 11 is 0. The zero-order valence-electron chi connectivity index (χ0n) is 15.4. The van der Waals surface area contributed by atoms with Crippen LogP contribution < -0.4 is 0 Å². The summed E-state index contributed by atoms with van der Waals surface area (Å²) in [5.41, 5.74) is 1.64. The Labute approximate surface area is 156 Å². The van der Waals surface area contributed by atoms with Crippen LogP contribution in [0.15, 0.2) is 40.8 Å². The van der Waals surface area contributed by atoms with Gasteiger partial charge in [-0.3, -0.25) is 4.79 Å². The van der Waals surface area contributed by atoms with Gasteiger partial charge in [-0.05, 0) is 18.7 Å². The van der Waals surface area contributed by atoms with Crippen molar-refractivity contribution in [3.63, 3.8) is 0 Å². The summed E-state index contributed by atoms with van der Waals surface area (Å²) < 4.78 is 8.19. The molecular formula is C21H20N4O2. The van der Waals surface area contributed by atoms with Crippen LogP contribution in [0, 0.1) is 6.92 Å². The van der Waals surface area contributed by atoms with E-state index in [4.69, 9.17) is 4.42 Å². The Morgan fingerprint density at radius 2 is 2.04 bits per heavy atom. The number of amides is 1. The van der Waals surface area contributed by atoms with E-state index in [1.54, 1.807) is 11.9 Å². The molecule has 0 aliphatic carbocycles. The van der Waals surface area contributed by atoms with Crippen molar-refractivity contribution < 1.29 is 9.21 Å². The van der Waals surface area contributed by atoms with Crippen LogP contribution in [-0.2, 0) is 19.5 Å². The highest BCUT2D eigenvalue weighted by Gasteiger charge is 2.24. The number of nitrogens with zero attached hydrogens (tertiary/aromatic N) is 4. The minimum atomic E-state index is -0.136. The Balaban J connectivity index is 1.51. The predicted octanol–water partition coefficient (Wildman–Crippen LogP) is 3.70. The largest absolute Gasteiger partial charge is 0.450 e. The molecule has 0 fully saturated rings. The molecule has 27 heavy (non-hydrogen) atoms. The van der Waals surface area contributed by atoms with E-state index >= 15 is 0 Å². The smallest absolute Gasteiger partial charge is 0.290 e. The van der Waals surface area contributed by atoms with Crippen molar-refractivity contribution in [3.05, 3.63) is 59.4 Å². The third-order valence-electron chi connectivity index (χ3n) is 5.43. The lowest BCUT2D eigenvalue weighted by Crippen LogP contribution is -2.27. The summed E-state index contributed by atoms with van der Waals surface area (Å²) in [6.07, 6.45) is 2.05. The van der Waals surface area contributed by atoms with Gasteiger partial charge in [-0.1, -0.05) is 36.4 Å². The van der Waals surface area contributed by atoms with Gasteiger partial charge < -0.3 is 13.9 Å². The molecule has 4 aromatic rings. The first-order valence-corrected chi connectivity index (χ1v) is 9.21. The number of benzene rings is 2.